The van der Waals surface area contributed by atoms with Gasteiger partial charge in [0.15, 0.2) is 0 Å². The van der Waals surface area contributed by atoms with Crippen LogP contribution in [-0.2, 0) is 14.3 Å². The lowest BCUT2D eigenvalue weighted by Gasteiger charge is -2.20. The van der Waals surface area contributed by atoms with Crippen molar-refractivity contribution in [3.8, 4) is 0 Å². The van der Waals surface area contributed by atoms with Crippen LogP contribution in [0.1, 0.15) is 34.6 Å². The molecule has 0 aliphatic rings. The average molecular weight is 376 g/mol. The molecule has 0 radical (unpaired) electrons. The van der Waals surface area contributed by atoms with Gasteiger partial charge in [0.2, 0.25) is 5.91 Å². The van der Waals surface area contributed by atoms with Crippen molar-refractivity contribution < 1.29 is 18.7 Å². The van der Waals surface area contributed by atoms with Crippen LogP contribution >= 0.6 is 23.4 Å². The SMILES string of the molecule is CC(=O)Nc1cc(SC(C(=O)OCC(C)C)C(C)C)c(Cl)cc1F. The Morgan fingerprint density at radius 2 is 1.92 bits per heavy atom. The van der Waals surface area contributed by atoms with Gasteiger partial charge in [0.25, 0.3) is 0 Å². The lowest BCUT2D eigenvalue weighted by Crippen LogP contribution is -2.26. The van der Waals surface area contributed by atoms with E-state index in [1.165, 1.54) is 24.8 Å². The van der Waals surface area contributed by atoms with Gasteiger partial charge in [0.1, 0.15) is 11.1 Å². The van der Waals surface area contributed by atoms with Crippen LogP contribution in [0.4, 0.5) is 10.1 Å². The van der Waals surface area contributed by atoms with Gasteiger partial charge in [-0.1, -0.05) is 39.3 Å². The van der Waals surface area contributed by atoms with E-state index in [0.29, 0.717) is 11.5 Å². The number of amides is 1. The van der Waals surface area contributed by atoms with Crippen molar-refractivity contribution in [3.05, 3.63) is 23.0 Å². The van der Waals surface area contributed by atoms with Crippen molar-refractivity contribution in [2.75, 3.05) is 11.9 Å². The average Bonchev–Trinajstić information content (AvgIpc) is 2.45. The summed E-state index contributed by atoms with van der Waals surface area (Å²) in [6, 6.07) is 2.57. The van der Waals surface area contributed by atoms with Gasteiger partial charge in [-0.3, -0.25) is 9.59 Å². The smallest absolute Gasteiger partial charge is 0.319 e. The Balaban J connectivity index is 3.01. The Kier molecular flexibility index (Phi) is 8.03. The van der Waals surface area contributed by atoms with Crippen molar-refractivity contribution in [2.24, 2.45) is 11.8 Å². The number of thioether (sulfide) groups is 1. The van der Waals surface area contributed by atoms with Crippen LogP contribution in [0.3, 0.4) is 0 Å². The van der Waals surface area contributed by atoms with Crippen LogP contribution in [0.15, 0.2) is 17.0 Å². The van der Waals surface area contributed by atoms with Crippen molar-refractivity contribution in [1.29, 1.82) is 0 Å². The van der Waals surface area contributed by atoms with Crippen LogP contribution in [0.25, 0.3) is 0 Å². The normalized spacial score (nSPS) is 12.4. The molecule has 0 aliphatic heterocycles. The predicted molar refractivity (Wildman–Crippen MR) is 96.0 cm³/mol. The number of carbonyl (C=O) groups is 2. The zero-order valence-electron chi connectivity index (χ0n) is 14.5. The van der Waals surface area contributed by atoms with E-state index in [4.69, 9.17) is 16.3 Å². The number of carbonyl (C=O) groups excluding carboxylic acids is 2. The van der Waals surface area contributed by atoms with E-state index in [1.54, 1.807) is 0 Å². The minimum atomic E-state index is -0.622. The van der Waals surface area contributed by atoms with Crippen LogP contribution in [0.5, 0.6) is 0 Å². The summed E-state index contributed by atoms with van der Waals surface area (Å²) in [6.45, 7) is 9.36. The first-order valence-electron chi connectivity index (χ1n) is 7.71. The molecule has 0 spiro atoms. The van der Waals surface area contributed by atoms with Crippen LogP contribution in [-0.4, -0.2) is 23.7 Å². The summed E-state index contributed by atoms with van der Waals surface area (Å²) in [4.78, 5) is 24.0. The van der Waals surface area contributed by atoms with E-state index in [2.05, 4.69) is 5.32 Å². The van der Waals surface area contributed by atoms with Gasteiger partial charge in [0.05, 0.1) is 17.3 Å². The Morgan fingerprint density at radius 1 is 1.29 bits per heavy atom. The summed E-state index contributed by atoms with van der Waals surface area (Å²) in [6.07, 6.45) is 0. The highest BCUT2D eigenvalue weighted by Crippen LogP contribution is 2.37. The lowest BCUT2D eigenvalue weighted by molar-refractivity contribution is -0.144. The first-order valence-corrected chi connectivity index (χ1v) is 8.97. The Labute approximate surface area is 151 Å². The molecule has 0 saturated heterocycles. The number of hydrogen-bond donors (Lipinski definition) is 1. The molecule has 1 atom stereocenters. The molecule has 0 saturated carbocycles. The molecule has 7 heteroatoms. The Hall–Kier alpha value is -1.27. The Morgan fingerprint density at radius 3 is 2.42 bits per heavy atom. The van der Waals surface area contributed by atoms with Crippen molar-refractivity contribution >= 4 is 40.9 Å². The number of nitrogens with one attached hydrogen (secondary N) is 1. The maximum Gasteiger partial charge on any atom is 0.319 e. The quantitative estimate of drug-likeness (QED) is 0.551. The first kappa shape index (κ1) is 20.8. The molecule has 1 N–H and O–H groups in total. The van der Waals surface area contributed by atoms with Gasteiger partial charge in [0, 0.05) is 11.8 Å². The number of anilines is 1. The molecule has 1 aromatic rings. The van der Waals surface area contributed by atoms with Gasteiger partial charge in [-0.25, -0.2) is 4.39 Å². The third kappa shape index (κ3) is 6.32. The van der Waals surface area contributed by atoms with E-state index in [0.717, 1.165) is 6.07 Å². The van der Waals surface area contributed by atoms with Crippen molar-refractivity contribution in [1.82, 2.24) is 0 Å². The second-order valence-corrected chi connectivity index (χ2v) is 7.84. The predicted octanol–water partition coefficient (Wildman–Crippen LogP) is 4.75. The standard InChI is InChI=1S/C17H23ClFNO3S/c1-9(2)8-23-17(22)16(10(3)4)24-15-7-14(20-11(5)21)13(19)6-12(15)18/h6-7,9-10,16H,8H2,1-5H3,(H,20,21). The van der Waals surface area contributed by atoms with E-state index in [9.17, 15) is 14.0 Å². The minimum absolute atomic E-state index is 0.00000163. The van der Waals surface area contributed by atoms with Crippen LogP contribution < -0.4 is 5.32 Å². The van der Waals surface area contributed by atoms with Crippen LogP contribution in [0.2, 0.25) is 5.02 Å². The number of esters is 1. The summed E-state index contributed by atoms with van der Waals surface area (Å²) >= 11 is 7.30. The van der Waals surface area contributed by atoms with E-state index >= 15 is 0 Å². The molecular weight excluding hydrogens is 353 g/mol. The number of hydrogen-bond acceptors (Lipinski definition) is 4. The number of ether oxygens (including phenoxy) is 1. The molecule has 1 amide bonds. The second-order valence-electron chi connectivity index (χ2n) is 6.25. The van der Waals surface area contributed by atoms with Crippen molar-refractivity contribution in [3.63, 3.8) is 0 Å². The molecule has 0 heterocycles. The number of rotatable bonds is 7. The fourth-order valence-corrected chi connectivity index (χ4v) is 3.18. The van der Waals surface area contributed by atoms with Gasteiger partial charge in [-0.05, 0) is 24.0 Å². The van der Waals surface area contributed by atoms with E-state index < -0.39 is 11.1 Å². The highest BCUT2D eigenvalue weighted by molar-refractivity contribution is 8.00. The number of benzene rings is 1. The molecule has 1 aromatic carbocycles. The maximum atomic E-state index is 13.9. The largest absolute Gasteiger partial charge is 0.465 e. The topological polar surface area (TPSA) is 55.4 Å². The fraction of sp³-hybridized carbons (Fsp3) is 0.529. The highest BCUT2D eigenvalue weighted by Gasteiger charge is 2.27. The first-order chi connectivity index (χ1) is 11.1. The maximum absolute atomic E-state index is 13.9. The fourth-order valence-electron chi connectivity index (χ4n) is 1.83. The van der Waals surface area contributed by atoms with E-state index in [1.807, 2.05) is 27.7 Å². The summed E-state index contributed by atoms with van der Waals surface area (Å²) < 4.78 is 19.2. The summed E-state index contributed by atoms with van der Waals surface area (Å²) in [5.74, 6) is -1.09. The molecule has 1 unspecified atom stereocenters. The molecule has 4 nitrogen and oxygen atoms in total. The van der Waals surface area contributed by atoms with Crippen LogP contribution in [0, 0.1) is 17.7 Å². The third-order valence-corrected chi connectivity index (χ3v) is 4.99. The van der Waals surface area contributed by atoms with Gasteiger partial charge >= 0.3 is 5.97 Å². The zero-order chi connectivity index (χ0) is 18.4. The lowest BCUT2D eigenvalue weighted by atomic mass is 10.1. The van der Waals surface area contributed by atoms with Gasteiger partial charge < -0.3 is 10.1 Å². The van der Waals surface area contributed by atoms with Crippen molar-refractivity contribution in [2.45, 2.75) is 44.8 Å². The third-order valence-electron chi connectivity index (χ3n) is 2.98. The van der Waals surface area contributed by atoms with Gasteiger partial charge in [-0.2, -0.15) is 0 Å². The molecule has 0 fully saturated rings. The van der Waals surface area contributed by atoms with Gasteiger partial charge in [-0.15, -0.1) is 11.8 Å². The molecule has 1 rings (SSSR count). The zero-order valence-corrected chi connectivity index (χ0v) is 16.1. The highest BCUT2D eigenvalue weighted by atomic mass is 35.5. The second kappa shape index (κ2) is 9.28. The molecule has 134 valence electrons. The number of halogens is 2. The Bertz CT molecular complexity index is 608. The molecule has 0 aliphatic carbocycles. The summed E-state index contributed by atoms with van der Waals surface area (Å²) in [5, 5.41) is 2.12. The monoisotopic (exact) mass is 375 g/mol. The molecule has 24 heavy (non-hydrogen) atoms. The molecule has 0 bridgehead atoms. The summed E-state index contributed by atoms with van der Waals surface area (Å²) in [7, 11) is 0. The molecular formula is C17H23ClFNO3S. The minimum Gasteiger partial charge on any atom is -0.465 e. The summed E-state index contributed by atoms with van der Waals surface area (Å²) in [5.41, 5.74) is 0.0347. The molecule has 0 aromatic heterocycles. The van der Waals surface area contributed by atoms with E-state index in [-0.39, 0.29) is 34.4 Å².